The highest BCUT2D eigenvalue weighted by atomic mass is 32.2. The molecule has 6 heteroatoms. The molecule has 0 bridgehead atoms. The number of benzene rings is 1. The second-order valence-electron chi connectivity index (χ2n) is 5.17. The molecular formula is C12H18FNO3S. The molecule has 18 heavy (non-hydrogen) atoms. The van der Waals surface area contributed by atoms with E-state index in [4.69, 9.17) is 9.88 Å². The summed E-state index contributed by atoms with van der Waals surface area (Å²) in [6.07, 6.45) is 0. The van der Waals surface area contributed by atoms with Crippen LogP contribution in [0.4, 0.5) is 4.39 Å². The first-order valence-corrected chi connectivity index (χ1v) is 7.20. The Bertz CT molecular complexity index is 526. The average Bonchev–Trinajstić information content (AvgIpc) is 2.16. The number of sulfonamides is 1. The third kappa shape index (κ3) is 5.01. The van der Waals surface area contributed by atoms with E-state index >= 15 is 0 Å². The summed E-state index contributed by atoms with van der Waals surface area (Å²) in [6, 6.07) is 4.53. The van der Waals surface area contributed by atoms with Crippen LogP contribution in [0.5, 0.6) is 5.75 Å². The van der Waals surface area contributed by atoms with E-state index in [2.05, 4.69) is 0 Å². The van der Waals surface area contributed by atoms with E-state index in [1.807, 2.05) is 0 Å². The normalized spacial score (nSPS) is 12.5. The van der Waals surface area contributed by atoms with E-state index in [0.29, 0.717) is 11.3 Å². The summed E-state index contributed by atoms with van der Waals surface area (Å²) in [5.74, 6) is -0.161. The molecule has 0 atom stereocenters. The Morgan fingerprint density at radius 1 is 1.39 bits per heavy atom. The highest BCUT2D eigenvalue weighted by Gasteiger charge is 2.25. The van der Waals surface area contributed by atoms with Crippen LogP contribution in [-0.2, 0) is 10.0 Å². The number of nitrogens with two attached hydrogens (primary N) is 1. The van der Waals surface area contributed by atoms with Gasteiger partial charge in [0.25, 0.3) is 0 Å². The molecule has 0 aliphatic heterocycles. The molecule has 0 aromatic heterocycles. The average molecular weight is 275 g/mol. The second-order valence-corrected chi connectivity index (χ2v) is 6.79. The highest BCUT2D eigenvalue weighted by molar-refractivity contribution is 7.89. The molecule has 0 unspecified atom stereocenters. The molecule has 2 N–H and O–H groups in total. The van der Waals surface area contributed by atoms with Crippen LogP contribution in [0, 0.1) is 18.2 Å². The predicted octanol–water partition coefficient (Wildman–Crippen LogP) is 1.83. The Balaban J connectivity index is 2.67. The number of rotatable bonds is 5. The van der Waals surface area contributed by atoms with Crippen molar-refractivity contribution in [1.29, 1.82) is 0 Å². The van der Waals surface area contributed by atoms with Gasteiger partial charge in [0.15, 0.2) is 0 Å². The van der Waals surface area contributed by atoms with Gasteiger partial charge in [-0.05, 0) is 18.6 Å². The third-order valence-corrected chi connectivity index (χ3v) is 3.55. The number of primary sulfonamides is 1. The summed E-state index contributed by atoms with van der Waals surface area (Å²) in [7, 11) is -3.56. The molecule has 0 fully saturated rings. The zero-order valence-corrected chi connectivity index (χ0v) is 11.6. The quantitative estimate of drug-likeness (QED) is 0.891. The third-order valence-electron chi connectivity index (χ3n) is 2.36. The molecule has 0 aliphatic carbocycles. The minimum absolute atomic E-state index is 0.145. The first-order valence-electron chi connectivity index (χ1n) is 5.48. The van der Waals surface area contributed by atoms with Crippen molar-refractivity contribution in [2.45, 2.75) is 20.8 Å². The Hall–Kier alpha value is -1.14. The maximum atomic E-state index is 13.3. The van der Waals surface area contributed by atoms with Crippen molar-refractivity contribution < 1.29 is 17.5 Å². The van der Waals surface area contributed by atoms with Gasteiger partial charge in [0, 0.05) is 11.5 Å². The molecule has 0 heterocycles. The Morgan fingerprint density at radius 2 is 2.00 bits per heavy atom. The van der Waals surface area contributed by atoms with Crippen LogP contribution in [0.15, 0.2) is 18.2 Å². The van der Waals surface area contributed by atoms with Gasteiger partial charge in [0.05, 0.1) is 12.4 Å². The summed E-state index contributed by atoms with van der Waals surface area (Å²) >= 11 is 0. The van der Waals surface area contributed by atoms with E-state index < -0.39 is 15.4 Å². The van der Waals surface area contributed by atoms with Crippen LogP contribution in [0.25, 0.3) is 0 Å². The molecule has 0 aliphatic rings. The number of halogens is 1. The van der Waals surface area contributed by atoms with E-state index in [-0.39, 0.29) is 18.2 Å². The van der Waals surface area contributed by atoms with Crippen molar-refractivity contribution in [3.63, 3.8) is 0 Å². The summed E-state index contributed by atoms with van der Waals surface area (Å²) < 4.78 is 40.7. The van der Waals surface area contributed by atoms with Crippen LogP contribution >= 0.6 is 0 Å². The van der Waals surface area contributed by atoms with Crippen molar-refractivity contribution in [1.82, 2.24) is 0 Å². The standard InChI is InChI=1S/C12H18FNO3S/c1-9-4-5-10(6-11(9)13)17-7-12(2,3)8-18(14,15)16/h4-6H,7-8H2,1-3H3,(H2,14,15,16). The maximum absolute atomic E-state index is 13.3. The van der Waals surface area contributed by atoms with Crippen molar-refractivity contribution in [2.24, 2.45) is 10.6 Å². The number of hydrogen-bond acceptors (Lipinski definition) is 3. The zero-order chi connectivity index (χ0) is 14.0. The van der Waals surface area contributed by atoms with E-state index in [1.165, 1.54) is 6.07 Å². The molecule has 0 saturated heterocycles. The fraction of sp³-hybridized carbons (Fsp3) is 0.500. The van der Waals surface area contributed by atoms with Crippen LogP contribution in [-0.4, -0.2) is 20.8 Å². The smallest absolute Gasteiger partial charge is 0.209 e. The highest BCUT2D eigenvalue weighted by Crippen LogP contribution is 2.21. The molecule has 1 aromatic carbocycles. The van der Waals surface area contributed by atoms with Gasteiger partial charge in [0.1, 0.15) is 11.6 Å². The van der Waals surface area contributed by atoms with Crippen molar-refractivity contribution in [2.75, 3.05) is 12.4 Å². The van der Waals surface area contributed by atoms with Gasteiger partial charge in [-0.3, -0.25) is 0 Å². The van der Waals surface area contributed by atoms with E-state index in [1.54, 1.807) is 32.9 Å². The first kappa shape index (κ1) is 14.9. The lowest BCUT2D eigenvalue weighted by molar-refractivity contribution is 0.199. The lowest BCUT2D eigenvalue weighted by Crippen LogP contribution is -2.33. The van der Waals surface area contributed by atoms with Gasteiger partial charge in [-0.1, -0.05) is 19.9 Å². The van der Waals surface area contributed by atoms with Crippen LogP contribution in [0.3, 0.4) is 0 Å². The van der Waals surface area contributed by atoms with Crippen molar-refractivity contribution in [3.8, 4) is 5.75 Å². The van der Waals surface area contributed by atoms with Crippen LogP contribution < -0.4 is 9.88 Å². The SMILES string of the molecule is Cc1ccc(OCC(C)(C)CS(N)(=O)=O)cc1F. The minimum Gasteiger partial charge on any atom is -0.493 e. The molecule has 0 radical (unpaired) electrons. The number of ether oxygens (including phenoxy) is 1. The van der Waals surface area contributed by atoms with Gasteiger partial charge < -0.3 is 4.74 Å². The van der Waals surface area contributed by atoms with E-state index in [9.17, 15) is 12.8 Å². The Labute approximate surface area is 107 Å². The largest absolute Gasteiger partial charge is 0.493 e. The second kappa shape index (κ2) is 5.24. The molecule has 0 amide bonds. The van der Waals surface area contributed by atoms with Crippen LogP contribution in [0.2, 0.25) is 0 Å². The van der Waals surface area contributed by atoms with Gasteiger partial charge in [-0.15, -0.1) is 0 Å². The van der Waals surface area contributed by atoms with Gasteiger partial charge in [-0.2, -0.15) is 0 Å². The maximum Gasteiger partial charge on any atom is 0.209 e. The summed E-state index contributed by atoms with van der Waals surface area (Å²) in [4.78, 5) is 0. The fourth-order valence-corrected chi connectivity index (χ4v) is 2.70. The Morgan fingerprint density at radius 3 is 2.50 bits per heavy atom. The lowest BCUT2D eigenvalue weighted by Gasteiger charge is -2.23. The molecule has 1 aromatic rings. The number of hydrogen-bond donors (Lipinski definition) is 1. The van der Waals surface area contributed by atoms with Crippen molar-refractivity contribution >= 4 is 10.0 Å². The summed E-state index contributed by atoms with van der Waals surface area (Å²) in [6.45, 7) is 5.25. The monoisotopic (exact) mass is 275 g/mol. The first-order chi connectivity index (χ1) is 8.09. The molecular weight excluding hydrogens is 257 g/mol. The zero-order valence-electron chi connectivity index (χ0n) is 10.7. The number of aryl methyl sites for hydroxylation is 1. The molecule has 1 rings (SSSR count). The minimum atomic E-state index is -3.56. The fourth-order valence-electron chi connectivity index (χ4n) is 1.53. The lowest BCUT2D eigenvalue weighted by atomic mass is 9.98. The van der Waals surface area contributed by atoms with Crippen LogP contribution in [0.1, 0.15) is 19.4 Å². The molecule has 4 nitrogen and oxygen atoms in total. The topological polar surface area (TPSA) is 69.4 Å². The molecule has 0 saturated carbocycles. The summed E-state index contributed by atoms with van der Waals surface area (Å²) in [5, 5.41) is 4.99. The molecule has 0 spiro atoms. The van der Waals surface area contributed by atoms with Gasteiger partial charge in [0.2, 0.25) is 10.0 Å². The van der Waals surface area contributed by atoms with Gasteiger partial charge >= 0.3 is 0 Å². The van der Waals surface area contributed by atoms with Gasteiger partial charge in [-0.25, -0.2) is 17.9 Å². The molecule has 102 valence electrons. The Kier molecular flexibility index (Phi) is 4.34. The summed E-state index contributed by atoms with van der Waals surface area (Å²) in [5.41, 5.74) is -0.0965. The predicted molar refractivity (Wildman–Crippen MR) is 68.4 cm³/mol. The van der Waals surface area contributed by atoms with E-state index in [0.717, 1.165) is 0 Å². The van der Waals surface area contributed by atoms with Crippen molar-refractivity contribution in [3.05, 3.63) is 29.6 Å².